The Hall–Kier alpha value is -1.88. The van der Waals surface area contributed by atoms with Crippen LogP contribution in [-0.2, 0) is 0 Å². The molecule has 0 fully saturated rings. The van der Waals surface area contributed by atoms with Crippen LogP contribution < -0.4 is 5.32 Å². The van der Waals surface area contributed by atoms with E-state index in [4.69, 9.17) is 0 Å². The topological polar surface area (TPSA) is 61.0 Å². The molecule has 0 saturated heterocycles. The van der Waals surface area contributed by atoms with E-state index in [0.29, 0.717) is 12.4 Å². The zero-order valence-corrected chi connectivity index (χ0v) is 10.0. The van der Waals surface area contributed by atoms with Crippen molar-refractivity contribution in [2.45, 2.75) is 0 Å². The third kappa shape index (κ3) is 2.82. The normalized spacial score (nSPS) is 11.0. The molecule has 5 heteroatoms. The molecule has 0 unspecified atom stereocenters. The van der Waals surface area contributed by atoms with Gasteiger partial charge in [0.15, 0.2) is 5.82 Å². The van der Waals surface area contributed by atoms with Gasteiger partial charge in [0.2, 0.25) is 0 Å². The van der Waals surface area contributed by atoms with E-state index in [1.165, 1.54) is 0 Å². The van der Waals surface area contributed by atoms with Crippen LogP contribution in [0.25, 0.3) is 11.0 Å². The molecule has 0 atom stereocenters. The van der Waals surface area contributed by atoms with Gasteiger partial charge in [-0.1, -0.05) is 12.1 Å². The number of para-hydroxylation sites is 2. The summed E-state index contributed by atoms with van der Waals surface area (Å²) in [4.78, 5) is 21.0. The smallest absolute Gasteiger partial charge is 0.287 e. The molecule has 17 heavy (non-hydrogen) atoms. The number of amides is 1. The fourth-order valence-electron chi connectivity index (χ4n) is 1.54. The van der Waals surface area contributed by atoms with Gasteiger partial charge in [-0.05, 0) is 26.2 Å². The maximum atomic E-state index is 11.8. The number of carbonyl (C=O) groups excluding carboxylic acids is 1. The number of likely N-dealkylation sites (N-methyl/N-ethyl adjacent to an activating group) is 1. The number of nitrogens with zero attached hydrogens (tertiary/aromatic N) is 2. The van der Waals surface area contributed by atoms with E-state index in [2.05, 4.69) is 15.3 Å². The van der Waals surface area contributed by atoms with Gasteiger partial charge < -0.3 is 15.2 Å². The fourth-order valence-corrected chi connectivity index (χ4v) is 1.54. The molecule has 1 aromatic carbocycles. The number of H-pyrrole nitrogens is 1. The number of aromatic amines is 1. The highest BCUT2D eigenvalue weighted by molar-refractivity contribution is 5.94. The van der Waals surface area contributed by atoms with E-state index in [1.54, 1.807) is 0 Å². The fraction of sp³-hybridized carbons (Fsp3) is 0.333. The molecule has 0 aliphatic carbocycles. The maximum Gasteiger partial charge on any atom is 0.287 e. The van der Waals surface area contributed by atoms with Gasteiger partial charge in [-0.2, -0.15) is 0 Å². The highest BCUT2D eigenvalue weighted by atomic mass is 16.2. The number of fused-ring (bicyclic) bond motifs is 1. The molecule has 5 nitrogen and oxygen atoms in total. The second-order valence-electron chi connectivity index (χ2n) is 4.16. The average Bonchev–Trinajstić information content (AvgIpc) is 2.71. The minimum absolute atomic E-state index is 0.164. The zero-order valence-electron chi connectivity index (χ0n) is 10.0. The number of nitrogens with one attached hydrogen (secondary N) is 2. The van der Waals surface area contributed by atoms with Crippen LogP contribution in [0, 0.1) is 0 Å². The summed E-state index contributed by atoms with van der Waals surface area (Å²) in [5, 5.41) is 2.82. The summed E-state index contributed by atoms with van der Waals surface area (Å²) in [5.41, 5.74) is 1.69. The van der Waals surface area contributed by atoms with Gasteiger partial charge in [0, 0.05) is 13.1 Å². The molecular weight excluding hydrogens is 216 g/mol. The van der Waals surface area contributed by atoms with E-state index in [9.17, 15) is 4.79 Å². The molecule has 90 valence electrons. The van der Waals surface area contributed by atoms with Crippen molar-refractivity contribution in [3.63, 3.8) is 0 Å². The van der Waals surface area contributed by atoms with Crippen LogP contribution in [0.2, 0.25) is 0 Å². The van der Waals surface area contributed by atoms with Crippen molar-refractivity contribution in [3.8, 4) is 0 Å². The Balaban J connectivity index is 2.04. The van der Waals surface area contributed by atoms with E-state index >= 15 is 0 Å². The number of carbonyl (C=O) groups is 1. The lowest BCUT2D eigenvalue weighted by Crippen LogP contribution is -2.31. The Morgan fingerprint density at radius 2 is 2.18 bits per heavy atom. The third-order valence-corrected chi connectivity index (χ3v) is 2.45. The molecule has 1 amide bonds. The number of hydrogen-bond donors (Lipinski definition) is 2. The van der Waals surface area contributed by atoms with Crippen LogP contribution in [0.15, 0.2) is 24.3 Å². The van der Waals surface area contributed by atoms with Crippen molar-refractivity contribution in [2.24, 2.45) is 0 Å². The van der Waals surface area contributed by atoms with Gasteiger partial charge in [-0.3, -0.25) is 4.79 Å². The van der Waals surface area contributed by atoms with Crippen molar-refractivity contribution in [3.05, 3.63) is 30.1 Å². The third-order valence-electron chi connectivity index (χ3n) is 2.45. The number of imidazole rings is 1. The molecule has 2 aromatic rings. The first-order valence-corrected chi connectivity index (χ1v) is 5.54. The van der Waals surface area contributed by atoms with Crippen LogP contribution in [-0.4, -0.2) is 48.0 Å². The standard InChI is InChI=1S/C12H16N4O/c1-16(2)8-7-13-12(17)11-14-9-5-3-4-6-10(9)15-11/h3-6H,7-8H2,1-2H3,(H,13,17)(H,14,15). The first-order chi connectivity index (χ1) is 8.16. The number of benzene rings is 1. The van der Waals surface area contributed by atoms with Gasteiger partial charge in [0.1, 0.15) is 0 Å². The van der Waals surface area contributed by atoms with E-state index in [-0.39, 0.29) is 5.91 Å². The highest BCUT2D eigenvalue weighted by Crippen LogP contribution is 2.09. The quantitative estimate of drug-likeness (QED) is 0.821. The highest BCUT2D eigenvalue weighted by Gasteiger charge is 2.10. The van der Waals surface area contributed by atoms with Crippen LogP contribution in [0.3, 0.4) is 0 Å². The van der Waals surface area contributed by atoms with Gasteiger partial charge in [0.25, 0.3) is 5.91 Å². The van der Waals surface area contributed by atoms with E-state index in [0.717, 1.165) is 17.6 Å². The molecular formula is C12H16N4O. The summed E-state index contributed by atoms with van der Waals surface area (Å²) < 4.78 is 0. The SMILES string of the molecule is CN(C)CCNC(=O)c1nc2ccccc2[nH]1. The summed E-state index contributed by atoms with van der Waals surface area (Å²) in [7, 11) is 3.93. The second-order valence-corrected chi connectivity index (χ2v) is 4.16. The Bertz CT molecular complexity index is 485. The van der Waals surface area contributed by atoms with Gasteiger partial charge in [0.05, 0.1) is 11.0 Å². The predicted molar refractivity (Wildman–Crippen MR) is 67.0 cm³/mol. The largest absolute Gasteiger partial charge is 0.348 e. The van der Waals surface area contributed by atoms with E-state index < -0.39 is 0 Å². The first kappa shape index (κ1) is 11.6. The molecule has 0 spiro atoms. The summed E-state index contributed by atoms with van der Waals surface area (Å²) >= 11 is 0. The van der Waals surface area contributed by atoms with E-state index in [1.807, 2.05) is 43.3 Å². The minimum Gasteiger partial charge on any atom is -0.348 e. The zero-order chi connectivity index (χ0) is 12.3. The van der Waals surface area contributed by atoms with Crippen molar-refractivity contribution in [1.29, 1.82) is 0 Å². The first-order valence-electron chi connectivity index (χ1n) is 5.54. The molecule has 2 N–H and O–H groups in total. The monoisotopic (exact) mass is 232 g/mol. The molecule has 0 radical (unpaired) electrons. The molecule has 1 aromatic heterocycles. The summed E-state index contributed by atoms with van der Waals surface area (Å²) in [6.07, 6.45) is 0. The van der Waals surface area contributed by atoms with Crippen molar-refractivity contribution in [2.75, 3.05) is 27.2 Å². The Morgan fingerprint density at radius 1 is 1.41 bits per heavy atom. The summed E-state index contributed by atoms with van der Waals surface area (Å²) in [6.45, 7) is 1.43. The van der Waals surface area contributed by atoms with Gasteiger partial charge >= 0.3 is 0 Å². The molecule has 0 aliphatic rings. The molecule has 0 bridgehead atoms. The number of hydrogen-bond acceptors (Lipinski definition) is 3. The Kier molecular flexibility index (Phi) is 3.39. The molecule has 2 rings (SSSR count). The molecule has 0 aliphatic heterocycles. The van der Waals surface area contributed by atoms with Crippen LogP contribution in [0.4, 0.5) is 0 Å². The minimum atomic E-state index is -0.164. The van der Waals surface area contributed by atoms with Crippen molar-refractivity contribution < 1.29 is 4.79 Å². The Morgan fingerprint density at radius 3 is 2.88 bits per heavy atom. The molecule has 1 heterocycles. The van der Waals surface area contributed by atoms with Gasteiger partial charge in [-0.15, -0.1) is 0 Å². The lowest BCUT2D eigenvalue weighted by Gasteiger charge is -2.09. The van der Waals surface area contributed by atoms with Crippen LogP contribution in [0.5, 0.6) is 0 Å². The number of rotatable bonds is 4. The van der Waals surface area contributed by atoms with Crippen LogP contribution in [0.1, 0.15) is 10.6 Å². The lowest BCUT2D eigenvalue weighted by atomic mass is 10.3. The Labute approximate surface area is 99.8 Å². The van der Waals surface area contributed by atoms with Gasteiger partial charge in [-0.25, -0.2) is 4.98 Å². The maximum absolute atomic E-state index is 11.8. The van der Waals surface area contributed by atoms with Crippen molar-refractivity contribution >= 4 is 16.9 Å². The number of aromatic nitrogens is 2. The summed E-state index contributed by atoms with van der Waals surface area (Å²) in [5.74, 6) is 0.202. The average molecular weight is 232 g/mol. The lowest BCUT2D eigenvalue weighted by molar-refractivity contribution is 0.0942. The summed E-state index contributed by atoms with van der Waals surface area (Å²) in [6, 6.07) is 7.59. The molecule has 0 saturated carbocycles. The van der Waals surface area contributed by atoms with Crippen molar-refractivity contribution in [1.82, 2.24) is 20.2 Å². The predicted octanol–water partition coefficient (Wildman–Crippen LogP) is 0.854. The van der Waals surface area contributed by atoms with Crippen LogP contribution >= 0.6 is 0 Å². The second kappa shape index (κ2) is 4.97.